The van der Waals surface area contributed by atoms with Crippen LogP contribution in [0.15, 0.2) is 6.33 Å². The highest BCUT2D eigenvalue weighted by Gasteiger charge is 2.37. The van der Waals surface area contributed by atoms with Crippen molar-refractivity contribution in [2.75, 3.05) is 54.9 Å². The van der Waals surface area contributed by atoms with Gasteiger partial charge in [-0.1, -0.05) is 0 Å². The predicted molar refractivity (Wildman–Crippen MR) is 85.4 cm³/mol. The van der Waals surface area contributed by atoms with Crippen LogP contribution in [0.25, 0.3) is 0 Å². The number of nitrogens with one attached hydrogen (secondary N) is 1. The summed E-state index contributed by atoms with van der Waals surface area (Å²) in [6, 6.07) is -0.0588. The van der Waals surface area contributed by atoms with Crippen LogP contribution in [0.5, 0.6) is 0 Å². The predicted octanol–water partition coefficient (Wildman–Crippen LogP) is 0.539. The van der Waals surface area contributed by atoms with Crippen LogP contribution in [0.1, 0.15) is 19.3 Å². The fourth-order valence-electron chi connectivity index (χ4n) is 3.62. The van der Waals surface area contributed by atoms with E-state index in [0.717, 1.165) is 69.3 Å². The largest absolute Gasteiger partial charge is 0.352 e. The minimum atomic E-state index is -0.0588. The Morgan fingerprint density at radius 3 is 2.68 bits per heavy atom. The van der Waals surface area contributed by atoms with Gasteiger partial charge in [-0.25, -0.2) is 9.97 Å². The molecule has 3 aliphatic heterocycles. The van der Waals surface area contributed by atoms with E-state index in [1.807, 2.05) is 0 Å². The zero-order chi connectivity index (χ0) is 15.1. The first-order valence-electron chi connectivity index (χ1n) is 8.10. The number of carbonyl (C=O) groups excluding carboxylic acids is 1. The number of hydrogen-bond acceptors (Lipinski definition) is 6. The van der Waals surface area contributed by atoms with Crippen molar-refractivity contribution < 1.29 is 4.79 Å². The van der Waals surface area contributed by atoms with Crippen LogP contribution in [0.4, 0.5) is 17.3 Å². The minimum Gasteiger partial charge on any atom is -0.352 e. The second kappa shape index (κ2) is 5.39. The van der Waals surface area contributed by atoms with E-state index in [9.17, 15) is 4.79 Å². The second-order valence-corrected chi connectivity index (χ2v) is 6.38. The first-order valence-corrected chi connectivity index (χ1v) is 8.10. The molecule has 2 saturated heterocycles. The van der Waals surface area contributed by atoms with Crippen LogP contribution in [0.2, 0.25) is 0 Å². The third kappa shape index (κ3) is 2.20. The Balaban J connectivity index is 1.70. The molecule has 7 nitrogen and oxygen atoms in total. The molecule has 1 N–H and O–H groups in total. The van der Waals surface area contributed by atoms with E-state index in [1.165, 1.54) is 0 Å². The number of piperazine rings is 1. The molecule has 7 heteroatoms. The zero-order valence-corrected chi connectivity index (χ0v) is 13.0. The highest BCUT2D eigenvalue weighted by Crippen LogP contribution is 2.39. The first kappa shape index (κ1) is 13.8. The van der Waals surface area contributed by atoms with Crippen LogP contribution in [0.3, 0.4) is 0 Å². The number of fused-ring (bicyclic) bond motifs is 3. The number of aromatic nitrogens is 2. The van der Waals surface area contributed by atoms with Crippen LogP contribution in [0, 0.1) is 0 Å². The maximum Gasteiger partial charge on any atom is 0.247 e. The molecule has 4 heterocycles. The summed E-state index contributed by atoms with van der Waals surface area (Å²) < 4.78 is 0. The normalized spacial score (nSPS) is 25.5. The lowest BCUT2D eigenvalue weighted by molar-refractivity contribution is -0.118. The van der Waals surface area contributed by atoms with Crippen molar-refractivity contribution in [2.45, 2.75) is 25.3 Å². The van der Waals surface area contributed by atoms with Crippen molar-refractivity contribution in [3.8, 4) is 0 Å². The summed E-state index contributed by atoms with van der Waals surface area (Å²) in [5.74, 6) is 1.86. The van der Waals surface area contributed by atoms with Gasteiger partial charge in [0, 0.05) is 32.7 Å². The molecule has 1 atom stereocenters. The van der Waals surface area contributed by atoms with Gasteiger partial charge in [0.05, 0.1) is 0 Å². The Morgan fingerprint density at radius 2 is 1.86 bits per heavy atom. The van der Waals surface area contributed by atoms with Crippen molar-refractivity contribution in [1.29, 1.82) is 0 Å². The zero-order valence-electron chi connectivity index (χ0n) is 13.0. The summed E-state index contributed by atoms with van der Waals surface area (Å²) in [7, 11) is 2.13. The minimum absolute atomic E-state index is 0.0588. The maximum atomic E-state index is 12.4. The average Bonchev–Trinajstić information content (AvgIpc) is 2.56. The Bertz CT molecular complexity index is 583. The van der Waals surface area contributed by atoms with E-state index in [4.69, 9.17) is 0 Å². The SMILES string of the molecule is CN1CCN(c2ncnc3c2NC(=O)C2CCCCN32)CC1. The summed E-state index contributed by atoms with van der Waals surface area (Å²) in [5, 5.41) is 3.08. The quantitative estimate of drug-likeness (QED) is 0.817. The molecule has 118 valence electrons. The molecule has 0 bridgehead atoms. The lowest BCUT2D eigenvalue weighted by Gasteiger charge is -2.41. The van der Waals surface area contributed by atoms with E-state index < -0.39 is 0 Å². The van der Waals surface area contributed by atoms with Crippen LogP contribution in [-0.2, 0) is 4.79 Å². The molecule has 3 aliphatic rings. The molecule has 2 fully saturated rings. The Hall–Kier alpha value is -1.89. The number of anilines is 3. The molecule has 0 aromatic carbocycles. The number of rotatable bonds is 1. The number of piperidine rings is 1. The fourth-order valence-corrected chi connectivity index (χ4v) is 3.62. The number of nitrogens with zero attached hydrogens (tertiary/aromatic N) is 5. The number of hydrogen-bond donors (Lipinski definition) is 1. The Labute approximate surface area is 130 Å². The fraction of sp³-hybridized carbons (Fsp3) is 0.667. The third-order valence-electron chi connectivity index (χ3n) is 4.94. The van der Waals surface area contributed by atoms with Gasteiger partial charge in [-0.3, -0.25) is 4.79 Å². The van der Waals surface area contributed by atoms with Gasteiger partial charge >= 0.3 is 0 Å². The van der Waals surface area contributed by atoms with Crippen molar-refractivity contribution in [2.24, 2.45) is 0 Å². The molecule has 1 amide bonds. The summed E-state index contributed by atoms with van der Waals surface area (Å²) in [6.45, 7) is 4.79. The highest BCUT2D eigenvalue weighted by molar-refractivity contribution is 6.05. The van der Waals surface area contributed by atoms with Crippen molar-refractivity contribution in [3.05, 3.63) is 6.33 Å². The molecule has 0 saturated carbocycles. The van der Waals surface area contributed by atoms with Gasteiger partial charge in [0.1, 0.15) is 18.1 Å². The molecule has 1 unspecified atom stereocenters. The molecular weight excluding hydrogens is 280 g/mol. The lowest BCUT2D eigenvalue weighted by Crippen LogP contribution is -2.52. The summed E-state index contributed by atoms with van der Waals surface area (Å²) >= 11 is 0. The highest BCUT2D eigenvalue weighted by atomic mass is 16.2. The van der Waals surface area contributed by atoms with Gasteiger partial charge in [-0.15, -0.1) is 0 Å². The first-order chi connectivity index (χ1) is 10.7. The smallest absolute Gasteiger partial charge is 0.247 e. The summed E-state index contributed by atoms with van der Waals surface area (Å²) in [4.78, 5) is 28.1. The Morgan fingerprint density at radius 1 is 1.09 bits per heavy atom. The monoisotopic (exact) mass is 302 g/mol. The van der Waals surface area contributed by atoms with E-state index in [2.05, 4.69) is 37.0 Å². The number of likely N-dealkylation sites (N-methyl/N-ethyl adjacent to an activating group) is 1. The molecular formula is C15H22N6O. The van der Waals surface area contributed by atoms with Gasteiger partial charge in [0.2, 0.25) is 5.91 Å². The van der Waals surface area contributed by atoms with Gasteiger partial charge < -0.3 is 20.0 Å². The van der Waals surface area contributed by atoms with Crippen LogP contribution < -0.4 is 15.1 Å². The van der Waals surface area contributed by atoms with Crippen LogP contribution >= 0.6 is 0 Å². The van der Waals surface area contributed by atoms with Crippen molar-refractivity contribution >= 4 is 23.2 Å². The average molecular weight is 302 g/mol. The molecule has 0 aliphatic carbocycles. The summed E-state index contributed by atoms with van der Waals surface area (Å²) in [6.07, 6.45) is 4.78. The van der Waals surface area contributed by atoms with Crippen molar-refractivity contribution in [3.63, 3.8) is 0 Å². The number of amides is 1. The second-order valence-electron chi connectivity index (χ2n) is 6.38. The third-order valence-corrected chi connectivity index (χ3v) is 4.94. The standard InChI is InChI=1S/C15H22N6O/c1-19-6-8-20(9-7-19)13-12-14(17-10-16-13)21-5-3-2-4-11(21)15(22)18-12/h10-11H,2-9H2,1H3,(H,18,22). The van der Waals surface area contributed by atoms with Crippen LogP contribution in [-0.4, -0.2) is 66.6 Å². The van der Waals surface area contributed by atoms with Gasteiger partial charge in [-0.2, -0.15) is 0 Å². The molecule has 0 spiro atoms. The Kier molecular flexibility index (Phi) is 3.37. The summed E-state index contributed by atoms with van der Waals surface area (Å²) in [5.41, 5.74) is 0.801. The van der Waals surface area contributed by atoms with Gasteiger partial charge in [-0.05, 0) is 26.3 Å². The molecule has 1 aromatic rings. The molecule has 0 radical (unpaired) electrons. The lowest BCUT2D eigenvalue weighted by atomic mass is 9.99. The van der Waals surface area contributed by atoms with E-state index in [-0.39, 0.29) is 11.9 Å². The van der Waals surface area contributed by atoms with E-state index in [1.54, 1.807) is 6.33 Å². The van der Waals surface area contributed by atoms with E-state index in [0.29, 0.717) is 0 Å². The maximum absolute atomic E-state index is 12.4. The topological polar surface area (TPSA) is 64.6 Å². The molecule has 4 rings (SSSR count). The van der Waals surface area contributed by atoms with Gasteiger partial charge in [0.15, 0.2) is 11.6 Å². The number of carbonyl (C=O) groups is 1. The molecule has 22 heavy (non-hydrogen) atoms. The van der Waals surface area contributed by atoms with E-state index >= 15 is 0 Å². The molecule has 1 aromatic heterocycles. The van der Waals surface area contributed by atoms with Gasteiger partial charge in [0.25, 0.3) is 0 Å². The van der Waals surface area contributed by atoms with Crippen molar-refractivity contribution in [1.82, 2.24) is 14.9 Å².